The summed E-state index contributed by atoms with van der Waals surface area (Å²) in [6.45, 7) is 0.646. The average Bonchev–Trinajstić information content (AvgIpc) is 3.33. The maximum absolute atomic E-state index is 13.1. The minimum Gasteiger partial charge on any atom is -0.350 e. The summed E-state index contributed by atoms with van der Waals surface area (Å²) in [4.78, 5) is 14.7. The number of nitrogens with zero attached hydrogens (tertiary/aromatic N) is 3. The van der Waals surface area contributed by atoms with Gasteiger partial charge in [0.25, 0.3) is 5.91 Å². The van der Waals surface area contributed by atoms with Crippen LogP contribution in [-0.4, -0.2) is 39.2 Å². The van der Waals surface area contributed by atoms with Crippen LogP contribution in [0.3, 0.4) is 0 Å². The topological polar surface area (TPSA) is 53.9 Å². The molecule has 0 atom stereocenters. The zero-order valence-electron chi connectivity index (χ0n) is 16.5. The molecule has 1 amide bonds. The smallest absolute Gasteiger partial charge is 0.255 e. The number of nitrogens with one attached hydrogen (secondary N) is 1. The van der Waals surface area contributed by atoms with E-state index in [-0.39, 0.29) is 11.7 Å². The van der Waals surface area contributed by atoms with Crippen molar-refractivity contribution < 1.29 is 9.18 Å². The van der Waals surface area contributed by atoms with E-state index >= 15 is 0 Å². The van der Waals surface area contributed by atoms with E-state index in [9.17, 15) is 9.18 Å². The summed E-state index contributed by atoms with van der Waals surface area (Å²) >= 11 is 0. The monoisotopic (exact) mass is 390 g/mol. The molecule has 0 radical (unpaired) electrons. The molecule has 0 aliphatic rings. The lowest BCUT2D eigenvalue weighted by atomic mass is 10.1. The van der Waals surface area contributed by atoms with E-state index in [0.717, 1.165) is 46.3 Å². The number of carbonyl (C=O) groups excluding carboxylic acids is 1. The summed E-state index contributed by atoms with van der Waals surface area (Å²) in [6.07, 6.45) is 3.49. The molecule has 0 fully saturated rings. The van der Waals surface area contributed by atoms with Crippen molar-refractivity contribution in [3.05, 3.63) is 77.9 Å². The number of aromatic amines is 1. The summed E-state index contributed by atoms with van der Waals surface area (Å²) in [5, 5.41) is 8.31. The molecule has 2 heterocycles. The Morgan fingerprint density at radius 3 is 2.72 bits per heavy atom. The maximum atomic E-state index is 13.1. The number of para-hydroxylation sites is 1. The third-order valence-corrected chi connectivity index (χ3v) is 5.18. The van der Waals surface area contributed by atoms with Gasteiger partial charge in [-0.05, 0) is 49.2 Å². The van der Waals surface area contributed by atoms with Gasteiger partial charge in [0.1, 0.15) is 5.82 Å². The molecular weight excluding hydrogens is 367 g/mol. The van der Waals surface area contributed by atoms with Crippen LogP contribution in [0.5, 0.6) is 0 Å². The first-order chi connectivity index (χ1) is 14.0. The lowest BCUT2D eigenvalue weighted by Gasteiger charge is -2.16. The van der Waals surface area contributed by atoms with Gasteiger partial charge in [0.15, 0.2) is 0 Å². The molecule has 4 rings (SSSR count). The predicted octanol–water partition coefficient (Wildman–Crippen LogP) is 4.41. The average molecular weight is 390 g/mol. The number of H-pyrrole nitrogens is 1. The van der Waals surface area contributed by atoms with Crippen molar-refractivity contribution in [2.75, 3.05) is 13.6 Å². The number of amides is 1. The van der Waals surface area contributed by atoms with E-state index in [2.05, 4.69) is 10.2 Å². The van der Waals surface area contributed by atoms with Gasteiger partial charge in [0.05, 0.1) is 11.3 Å². The molecule has 148 valence electrons. The molecule has 0 bridgehead atoms. The highest BCUT2D eigenvalue weighted by molar-refractivity contribution is 6.06. The Labute approximate surface area is 168 Å². The van der Waals surface area contributed by atoms with Crippen molar-refractivity contribution in [1.82, 2.24) is 19.7 Å². The Morgan fingerprint density at radius 2 is 1.93 bits per heavy atom. The standard InChI is InChI=1S/C23H23FN4O/c1-27(23(29)20-15-28(2)22-8-4-3-7-19(20)22)13-5-6-18-14-21(26-25-18)16-9-11-17(24)12-10-16/h3-4,7-12,14-15H,5-6,13H2,1-2H3,(H,25,26). The Kier molecular flexibility index (Phi) is 5.16. The van der Waals surface area contributed by atoms with Crippen molar-refractivity contribution in [2.45, 2.75) is 12.8 Å². The van der Waals surface area contributed by atoms with E-state index in [1.54, 1.807) is 17.0 Å². The van der Waals surface area contributed by atoms with Crippen LogP contribution >= 0.6 is 0 Å². The van der Waals surface area contributed by atoms with Crippen molar-refractivity contribution in [2.24, 2.45) is 7.05 Å². The molecule has 0 saturated heterocycles. The fraction of sp³-hybridized carbons (Fsp3) is 0.217. The van der Waals surface area contributed by atoms with Crippen molar-refractivity contribution in [1.29, 1.82) is 0 Å². The highest BCUT2D eigenvalue weighted by Gasteiger charge is 2.17. The van der Waals surface area contributed by atoms with Gasteiger partial charge in [-0.15, -0.1) is 0 Å². The predicted molar refractivity (Wildman–Crippen MR) is 112 cm³/mol. The van der Waals surface area contributed by atoms with Gasteiger partial charge in [-0.2, -0.15) is 5.10 Å². The third kappa shape index (κ3) is 3.92. The van der Waals surface area contributed by atoms with Gasteiger partial charge in [-0.25, -0.2) is 4.39 Å². The van der Waals surface area contributed by atoms with E-state index in [1.807, 2.05) is 55.2 Å². The normalized spacial score (nSPS) is 11.1. The molecule has 2 aromatic heterocycles. The number of rotatable bonds is 6. The van der Waals surface area contributed by atoms with Crippen LogP contribution < -0.4 is 0 Å². The van der Waals surface area contributed by atoms with Gasteiger partial charge < -0.3 is 9.47 Å². The molecule has 0 unspecified atom stereocenters. The summed E-state index contributed by atoms with van der Waals surface area (Å²) < 4.78 is 15.0. The molecule has 29 heavy (non-hydrogen) atoms. The van der Waals surface area contributed by atoms with Gasteiger partial charge in [-0.1, -0.05) is 18.2 Å². The number of aryl methyl sites for hydroxylation is 2. The minimum atomic E-state index is -0.261. The van der Waals surface area contributed by atoms with Crippen LogP contribution in [0.1, 0.15) is 22.5 Å². The van der Waals surface area contributed by atoms with E-state index in [4.69, 9.17) is 0 Å². The van der Waals surface area contributed by atoms with Crippen LogP contribution in [-0.2, 0) is 13.5 Å². The molecule has 5 nitrogen and oxygen atoms in total. The van der Waals surface area contributed by atoms with E-state index in [1.165, 1.54) is 12.1 Å². The number of halogens is 1. The quantitative estimate of drug-likeness (QED) is 0.530. The fourth-order valence-corrected chi connectivity index (χ4v) is 3.58. The van der Waals surface area contributed by atoms with Crippen LogP contribution in [0.15, 0.2) is 60.8 Å². The van der Waals surface area contributed by atoms with Gasteiger partial charge >= 0.3 is 0 Å². The van der Waals surface area contributed by atoms with Crippen molar-refractivity contribution in [3.63, 3.8) is 0 Å². The molecule has 0 aliphatic heterocycles. The van der Waals surface area contributed by atoms with Gasteiger partial charge in [0, 0.05) is 49.0 Å². The number of benzene rings is 2. The van der Waals surface area contributed by atoms with E-state index in [0.29, 0.717) is 6.54 Å². The number of carbonyl (C=O) groups is 1. The lowest BCUT2D eigenvalue weighted by Crippen LogP contribution is -2.27. The Bertz CT molecular complexity index is 1140. The SMILES string of the molecule is CN(CCCc1cc(-c2ccc(F)cc2)n[nH]1)C(=O)c1cn(C)c2ccccc12. The molecule has 6 heteroatoms. The first-order valence-electron chi connectivity index (χ1n) is 9.62. The van der Waals surface area contributed by atoms with Gasteiger partial charge in [-0.3, -0.25) is 9.89 Å². The first-order valence-corrected chi connectivity index (χ1v) is 9.62. The summed E-state index contributed by atoms with van der Waals surface area (Å²) in [5.41, 5.74) is 4.44. The molecule has 1 N–H and O–H groups in total. The number of aromatic nitrogens is 3. The number of fused-ring (bicyclic) bond motifs is 1. The molecule has 2 aromatic carbocycles. The zero-order valence-corrected chi connectivity index (χ0v) is 16.5. The summed E-state index contributed by atoms with van der Waals surface area (Å²) in [7, 11) is 3.79. The Balaban J connectivity index is 1.37. The van der Waals surface area contributed by atoms with Crippen LogP contribution in [0.4, 0.5) is 4.39 Å². The van der Waals surface area contributed by atoms with Crippen molar-refractivity contribution in [3.8, 4) is 11.3 Å². The highest BCUT2D eigenvalue weighted by Crippen LogP contribution is 2.22. The largest absolute Gasteiger partial charge is 0.350 e. The minimum absolute atomic E-state index is 0.0263. The number of hydrogen-bond acceptors (Lipinski definition) is 2. The Morgan fingerprint density at radius 1 is 1.17 bits per heavy atom. The second-order valence-electron chi connectivity index (χ2n) is 7.29. The second-order valence-corrected chi connectivity index (χ2v) is 7.29. The zero-order chi connectivity index (χ0) is 20.4. The molecular formula is C23H23FN4O. The molecule has 0 saturated carbocycles. The highest BCUT2D eigenvalue weighted by atomic mass is 19.1. The fourth-order valence-electron chi connectivity index (χ4n) is 3.58. The Hall–Kier alpha value is -3.41. The summed E-state index contributed by atoms with van der Waals surface area (Å²) in [6, 6.07) is 16.2. The second kappa shape index (κ2) is 7.91. The molecule has 0 spiro atoms. The summed E-state index contributed by atoms with van der Waals surface area (Å²) in [5.74, 6) is -0.234. The third-order valence-electron chi connectivity index (χ3n) is 5.18. The first kappa shape index (κ1) is 18.9. The van der Waals surface area contributed by atoms with Crippen LogP contribution in [0.2, 0.25) is 0 Å². The van der Waals surface area contributed by atoms with Gasteiger partial charge in [0.2, 0.25) is 0 Å². The number of hydrogen-bond donors (Lipinski definition) is 1. The molecule has 0 aliphatic carbocycles. The molecule has 4 aromatic rings. The van der Waals surface area contributed by atoms with Crippen LogP contribution in [0.25, 0.3) is 22.2 Å². The van der Waals surface area contributed by atoms with E-state index < -0.39 is 0 Å². The van der Waals surface area contributed by atoms with Crippen LogP contribution in [0, 0.1) is 5.82 Å². The van der Waals surface area contributed by atoms with Crippen molar-refractivity contribution >= 4 is 16.8 Å². The maximum Gasteiger partial charge on any atom is 0.255 e. The lowest BCUT2D eigenvalue weighted by molar-refractivity contribution is 0.0795.